The molecule has 6 nitrogen and oxygen atoms in total. The van der Waals surface area contributed by atoms with Crippen LogP contribution in [0.5, 0.6) is 0 Å². The van der Waals surface area contributed by atoms with Gasteiger partial charge in [0, 0.05) is 12.6 Å². The molecule has 20 heavy (non-hydrogen) atoms. The van der Waals surface area contributed by atoms with Crippen molar-refractivity contribution >= 4 is 16.0 Å². The lowest BCUT2D eigenvalue weighted by Gasteiger charge is -2.14. The predicted molar refractivity (Wildman–Crippen MR) is 69.3 cm³/mol. The molecule has 110 valence electrons. The van der Waals surface area contributed by atoms with Crippen molar-refractivity contribution in [2.45, 2.75) is 17.4 Å². The Hall–Kier alpha value is -1.51. The first-order valence-electron chi connectivity index (χ1n) is 6.05. The van der Waals surface area contributed by atoms with E-state index >= 15 is 0 Å². The fourth-order valence-corrected chi connectivity index (χ4v) is 3.49. The van der Waals surface area contributed by atoms with Crippen molar-refractivity contribution in [3.05, 3.63) is 29.6 Å². The predicted octanol–water partition coefficient (Wildman–Crippen LogP) is 0.253. The van der Waals surface area contributed by atoms with Crippen LogP contribution < -0.4 is 10.0 Å². The largest absolute Gasteiger partial charge is 0.465 e. The quantitative estimate of drug-likeness (QED) is 0.779. The number of nitrogens with one attached hydrogen (secondary N) is 2. The Balaban J connectivity index is 2.37. The van der Waals surface area contributed by atoms with Crippen LogP contribution in [0.25, 0.3) is 0 Å². The van der Waals surface area contributed by atoms with Gasteiger partial charge in [-0.3, -0.25) is 0 Å². The number of benzene rings is 1. The first-order chi connectivity index (χ1) is 9.44. The number of methoxy groups -OCH3 is 1. The fraction of sp³-hybridized carbons (Fsp3) is 0.417. The second-order valence-electron chi connectivity index (χ2n) is 4.44. The number of carbonyl (C=O) groups excluding carboxylic acids is 1. The molecular weight excluding hydrogens is 287 g/mol. The maximum atomic E-state index is 13.2. The van der Waals surface area contributed by atoms with Crippen LogP contribution in [0.3, 0.4) is 0 Å². The fourth-order valence-electron chi connectivity index (χ4n) is 2.04. The zero-order chi connectivity index (χ0) is 14.8. The normalized spacial score (nSPS) is 19.0. The molecule has 1 aliphatic rings. The molecule has 1 fully saturated rings. The summed E-state index contributed by atoms with van der Waals surface area (Å²) in [5.41, 5.74) is -0.314. The van der Waals surface area contributed by atoms with Crippen LogP contribution in [0, 0.1) is 5.82 Å². The molecule has 1 unspecified atom stereocenters. The molecule has 1 aromatic carbocycles. The Morgan fingerprint density at radius 1 is 1.50 bits per heavy atom. The second-order valence-corrected chi connectivity index (χ2v) is 6.13. The third-order valence-corrected chi connectivity index (χ3v) is 4.60. The van der Waals surface area contributed by atoms with E-state index in [4.69, 9.17) is 0 Å². The van der Waals surface area contributed by atoms with E-state index in [1.165, 1.54) is 0 Å². The highest BCUT2D eigenvalue weighted by molar-refractivity contribution is 7.89. The summed E-state index contributed by atoms with van der Waals surface area (Å²) in [5, 5.41) is 3.03. The summed E-state index contributed by atoms with van der Waals surface area (Å²) in [6, 6.07) is 2.67. The second kappa shape index (κ2) is 5.86. The highest BCUT2D eigenvalue weighted by Gasteiger charge is 2.27. The molecule has 0 amide bonds. The summed E-state index contributed by atoms with van der Waals surface area (Å²) in [4.78, 5) is 11.3. The number of hydrogen-bond donors (Lipinski definition) is 2. The molecule has 2 N–H and O–H groups in total. The molecule has 0 bridgehead atoms. The number of rotatable bonds is 4. The smallest absolute Gasteiger partial charge is 0.339 e. The number of hydrogen-bond acceptors (Lipinski definition) is 5. The van der Waals surface area contributed by atoms with Crippen LogP contribution >= 0.6 is 0 Å². The molecule has 1 aromatic rings. The van der Waals surface area contributed by atoms with E-state index in [0.717, 1.165) is 31.9 Å². The lowest BCUT2D eigenvalue weighted by molar-refractivity contribution is 0.0595. The highest BCUT2D eigenvalue weighted by Crippen LogP contribution is 2.19. The van der Waals surface area contributed by atoms with Crippen LogP contribution in [0.4, 0.5) is 4.39 Å². The lowest BCUT2D eigenvalue weighted by atomic mass is 10.2. The van der Waals surface area contributed by atoms with E-state index in [-0.39, 0.29) is 16.5 Å². The van der Waals surface area contributed by atoms with Gasteiger partial charge in [0.15, 0.2) is 0 Å². The number of sulfonamides is 1. The lowest BCUT2D eigenvalue weighted by Crippen LogP contribution is -2.36. The molecular formula is C12H15FN2O4S. The summed E-state index contributed by atoms with van der Waals surface area (Å²) in [6.45, 7) is 1.24. The number of ether oxygens (including phenoxy) is 1. The monoisotopic (exact) mass is 302 g/mol. The number of halogens is 1. The van der Waals surface area contributed by atoms with Gasteiger partial charge in [-0.1, -0.05) is 0 Å². The van der Waals surface area contributed by atoms with Crippen LogP contribution in [0.15, 0.2) is 23.1 Å². The Bertz CT molecular complexity index is 612. The van der Waals surface area contributed by atoms with E-state index in [1.807, 2.05) is 0 Å². The van der Waals surface area contributed by atoms with Gasteiger partial charge in [0.25, 0.3) is 0 Å². The number of carbonyl (C=O) groups is 1. The van der Waals surface area contributed by atoms with Gasteiger partial charge >= 0.3 is 5.97 Å². The first-order valence-corrected chi connectivity index (χ1v) is 7.53. The zero-order valence-electron chi connectivity index (χ0n) is 10.8. The Morgan fingerprint density at radius 2 is 2.25 bits per heavy atom. The van der Waals surface area contributed by atoms with Crippen molar-refractivity contribution in [3.63, 3.8) is 0 Å². The highest BCUT2D eigenvalue weighted by atomic mass is 32.2. The molecule has 0 saturated carbocycles. The molecule has 8 heteroatoms. The Morgan fingerprint density at radius 3 is 2.85 bits per heavy atom. The molecule has 2 rings (SSSR count). The molecule has 1 heterocycles. The summed E-state index contributed by atoms with van der Waals surface area (Å²) in [7, 11) is -2.79. The van der Waals surface area contributed by atoms with E-state index in [9.17, 15) is 17.6 Å². The summed E-state index contributed by atoms with van der Waals surface area (Å²) >= 11 is 0. The molecule has 1 saturated heterocycles. The van der Waals surface area contributed by atoms with Crippen molar-refractivity contribution in [1.29, 1.82) is 0 Å². The topological polar surface area (TPSA) is 84.5 Å². The van der Waals surface area contributed by atoms with Gasteiger partial charge in [-0.05, 0) is 31.2 Å². The van der Waals surface area contributed by atoms with Gasteiger partial charge in [0.05, 0.1) is 17.6 Å². The van der Waals surface area contributed by atoms with Crippen LogP contribution in [-0.2, 0) is 14.8 Å². The number of esters is 1. The van der Waals surface area contributed by atoms with Crippen molar-refractivity contribution in [2.24, 2.45) is 0 Å². The van der Waals surface area contributed by atoms with Crippen molar-refractivity contribution in [2.75, 3.05) is 20.2 Å². The maximum Gasteiger partial charge on any atom is 0.339 e. The molecule has 0 spiro atoms. The van der Waals surface area contributed by atoms with Gasteiger partial charge < -0.3 is 10.1 Å². The average molecular weight is 302 g/mol. The first kappa shape index (κ1) is 14.9. The summed E-state index contributed by atoms with van der Waals surface area (Å²) in [5.74, 6) is -1.60. The molecule has 0 aromatic heterocycles. The van der Waals surface area contributed by atoms with Crippen LogP contribution in [0.1, 0.15) is 16.8 Å². The Labute approximate surface area is 116 Å². The van der Waals surface area contributed by atoms with Gasteiger partial charge in [0.2, 0.25) is 10.0 Å². The van der Waals surface area contributed by atoms with Gasteiger partial charge in [0.1, 0.15) is 5.82 Å². The minimum atomic E-state index is -3.90. The minimum Gasteiger partial charge on any atom is -0.465 e. The van der Waals surface area contributed by atoms with E-state index in [0.29, 0.717) is 13.0 Å². The SMILES string of the molecule is COC(=O)c1cc(F)ccc1S(=O)(=O)NC1CCNC1. The molecule has 0 aliphatic carbocycles. The average Bonchev–Trinajstić information content (AvgIpc) is 2.89. The van der Waals surface area contributed by atoms with Gasteiger partial charge in [-0.2, -0.15) is 0 Å². The third kappa shape index (κ3) is 3.14. The zero-order valence-corrected chi connectivity index (χ0v) is 11.7. The minimum absolute atomic E-state index is 0.240. The van der Waals surface area contributed by atoms with Gasteiger partial charge in [-0.25, -0.2) is 22.3 Å². The Kier molecular flexibility index (Phi) is 4.36. The van der Waals surface area contributed by atoms with E-state index in [2.05, 4.69) is 14.8 Å². The van der Waals surface area contributed by atoms with Crippen molar-refractivity contribution in [1.82, 2.24) is 10.0 Å². The third-order valence-electron chi connectivity index (χ3n) is 3.02. The van der Waals surface area contributed by atoms with Crippen molar-refractivity contribution in [3.8, 4) is 0 Å². The molecule has 0 radical (unpaired) electrons. The van der Waals surface area contributed by atoms with Crippen LogP contribution in [-0.4, -0.2) is 40.6 Å². The van der Waals surface area contributed by atoms with Crippen molar-refractivity contribution < 1.29 is 22.3 Å². The standard InChI is InChI=1S/C12H15FN2O4S/c1-19-12(16)10-6-8(13)2-3-11(10)20(17,18)15-9-4-5-14-7-9/h2-3,6,9,14-15H,4-5,7H2,1H3. The van der Waals surface area contributed by atoms with E-state index in [1.54, 1.807) is 0 Å². The summed E-state index contributed by atoms with van der Waals surface area (Å²) in [6.07, 6.45) is 0.661. The van der Waals surface area contributed by atoms with Crippen LogP contribution in [0.2, 0.25) is 0 Å². The van der Waals surface area contributed by atoms with Gasteiger partial charge in [-0.15, -0.1) is 0 Å². The summed E-state index contributed by atoms with van der Waals surface area (Å²) < 4.78 is 44.7. The maximum absolute atomic E-state index is 13.2. The molecule has 1 aliphatic heterocycles. The van der Waals surface area contributed by atoms with E-state index < -0.39 is 21.8 Å². The molecule has 1 atom stereocenters.